The van der Waals surface area contributed by atoms with Gasteiger partial charge in [0.05, 0.1) is 15.7 Å². The van der Waals surface area contributed by atoms with Crippen molar-refractivity contribution in [2.45, 2.75) is 26.3 Å². The zero-order valence-electron chi connectivity index (χ0n) is 10.00. The molecule has 0 amide bonds. The van der Waals surface area contributed by atoms with Gasteiger partial charge >= 0.3 is 5.97 Å². The number of rotatable bonds is 4. The van der Waals surface area contributed by atoms with Gasteiger partial charge in [-0.25, -0.2) is 9.18 Å². The van der Waals surface area contributed by atoms with Crippen molar-refractivity contribution in [2.75, 3.05) is 11.9 Å². The van der Waals surface area contributed by atoms with E-state index in [1.807, 2.05) is 13.8 Å². The highest BCUT2D eigenvalue weighted by Gasteiger charge is 2.19. The molecule has 0 bridgehead atoms. The van der Waals surface area contributed by atoms with Crippen molar-refractivity contribution >= 4 is 27.6 Å². The molecule has 0 saturated carbocycles. The van der Waals surface area contributed by atoms with Crippen LogP contribution in [0, 0.1) is 5.82 Å². The third-order valence-corrected chi connectivity index (χ3v) is 3.70. The molecule has 5 heteroatoms. The molecule has 3 nitrogen and oxygen atoms in total. The van der Waals surface area contributed by atoms with Crippen LogP contribution in [0.1, 0.15) is 30.6 Å². The van der Waals surface area contributed by atoms with Crippen molar-refractivity contribution in [2.24, 2.45) is 0 Å². The number of anilines is 1. The van der Waals surface area contributed by atoms with Crippen LogP contribution in [0.5, 0.6) is 0 Å². The summed E-state index contributed by atoms with van der Waals surface area (Å²) in [5.74, 6) is -1.68. The van der Waals surface area contributed by atoms with E-state index in [-0.39, 0.29) is 16.1 Å². The van der Waals surface area contributed by atoms with Crippen molar-refractivity contribution in [3.8, 4) is 0 Å². The van der Waals surface area contributed by atoms with Gasteiger partial charge in [0.2, 0.25) is 0 Å². The zero-order chi connectivity index (χ0) is 13.2. The van der Waals surface area contributed by atoms with Gasteiger partial charge in [-0.05, 0) is 41.4 Å². The summed E-state index contributed by atoms with van der Waals surface area (Å²) in [6, 6.07) is 3.09. The van der Waals surface area contributed by atoms with Crippen molar-refractivity contribution in [3.05, 3.63) is 28.0 Å². The van der Waals surface area contributed by atoms with Crippen LogP contribution in [0.25, 0.3) is 0 Å². The van der Waals surface area contributed by atoms with Gasteiger partial charge in [0, 0.05) is 13.1 Å². The summed E-state index contributed by atoms with van der Waals surface area (Å²) in [7, 11) is 1.79. The minimum atomic E-state index is -1.14. The Morgan fingerprint density at radius 2 is 2.18 bits per heavy atom. The Morgan fingerprint density at radius 1 is 1.59 bits per heavy atom. The molecule has 0 aliphatic carbocycles. The molecular formula is C12H15BrFNO2. The minimum absolute atomic E-state index is 0.00217. The molecule has 1 rings (SSSR count). The summed E-state index contributed by atoms with van der Waals surface area (Å²) in [4.78, 5) is 12.6. The van der Waals surface area contributed by atoms with Gasteiger partial charge in [-0.2, -0.15) is 0 Å². The van der Waals surface area contributed by atoms with Crippen LogP contribution in [0.3, 0.4) is 0 Å². The average Bonchev–Trinajstić information content (AvgIpc) is 2.30. The number of hydrogen-bond donors (Lipinski definition) is 1. The first-order chi connectivity index (χ1) is 7.90. The van der Waals surface area contributed by atoms with Crippen LogP contribution in [-0.4, -0.2) is 24.2 Å². The Labute approximate surface area is 108 Å². The fraction of sp³-hybridized carbons (Fsp3) is 0.417. The molecule has 94 valence electrons. The van der Waals surface area contributed by atoms with E-state index >= 15 is 0 Å². The molecule has 1 unspecified atom stereocenters. The number of carboxylic acid groups (broad SMARTS) is 1. The number of halogens is 2. The maximum absolute atomic E-state index is 14.0. The first-order valence-electron chi connectivity index (χ1n) is 5.34. The predicted molar refractivity (Wildman–Crippen MR) is 69.2 cm³/mol. The normalized spacial score (nSPS) is 12.3. The zero-order valence-corrected chi connectivity index (χ0v) is 11.6. The molecular weight excluding hydrogens is 289 g/mol. The van der Waals surface area contributed by atoms with Crippen molar-refractivity contribution < 1.29 is 14.3 Å². The molecule has 0 fully saturated rings. The SMILES string of the molecule is CCC(C)N(C)c1ccc(C(=O)O)c(Br)c1F. The van der Waals surface area contributed by atoms with Gasteiger partial charge < -0.3 is 10.0 Å². The van der Waals surface area contributed by atoms with Gasteiger partial charge in [-0.3, -0.25) is 0 Å². The molecule has 17 heavy (non-hydrogen) atoms. The van der Waals surface area contributed by atoms with Crippen LogP contribution in [0.15, 0.2) is 16.6 Å². The molecule has 1 aromatic rings. The average molecular weight is 304 g/mol. The summed E-state index contributed by atoms with van der Waals surface area (Å²) in [5.41, 5.74) is 0.333. The lowest BCUT2D eigenvalue weighted by atomic mass is 10.1. The second-order valence-electron chi connectivity index (χ2n) is 3.93. The van der Waals surface area contributed by atoms with Gasteiger partial charge in [0.1, 0.15) is 0 Å². The highest BCUT2D eigenvalue weighted by Crippen LogP contribution is 2.30. The van der Waals surface area contributed by atoms with E-state index in [9.17, 15) is 9.18 Å². The number of benzene rings is 1. The molecule has 1 N–H and O–H groups in total. The number of carboxylic acids is 1. The molecule has 0 aromatic heterocycles. The van der Waals surface area contributed by atoms with E-state index < -0.39 is 11.8 Å². The second kappa shape index (κ2) is 5.49. The second-order valence-corrected chi connectivity index (χ2v) is 4.73. The fourth-order valence-electron chi connectivity index (χ4n) is 1.49. The smallest absolute Gasteiger partial charge is 0.336 e. The number of aromatic carboxylic acids is 1. The molecule has 0 radical (unpaired) electrons. The summed E-state index contributed by atoms with van der Waals surface area (Å²) >= 11 is 2.99. The van der Waals surface area contributed by atoms with E-state index in [1.54, 1.807) is 11.9 Å². The monoisotopic (exact) mass is 303 g/mol. The fourth-order valence-corrected chi connectivity index (χ4v) is 1.99. The highest BCUT2D eigenvalue weighted by molar-refractivity contribution is 9.10. The summed E-state index contributed by atoms with van der Waals surface area (Å²) in [6.07, 6.45) is 0.883. The number of carbonyl (C=O) groups is 1. The molecule has 1 atom stereocenters. The Hall–Kier alpha value is -1.10. The minimum Gasteiger partial charge on any atom is -0.478 e. The highest BCUT2D eigenvalue weighted by atomic mass is 79.9. The molecule has 0 spiro atoms. The Bertz CT molecular complexity index is 437. The summed E-state index contributed by atoms with van der Waals surface area (Å²) < 4.78 is 14.0. The van der Waals surface area contributed by atoms with Crippen LogP contribution in [0.4, 0.5) is 10.1 Å². The van der Waals surface area contributed by atoms with Gasteiger partial charge in [0.25, 0.3) is 0 Å². The van der Waals surface area contributed by atoms with Crippen molar-refractivity contribution in [1.82, 2.24) is 0 Å². The van der Waals surface area contributed by atoms with E-state index in [4.69, 9.17) is 5.11 Å². The lowest BCUT2D eigenvalue weighted by Gasteiger charge is -2.27. The van der Waals surface area contributed by atoms with Crippen LogP contribution >= 0.6 is 15.9 Å². The van der Waals surface area contributed by atoms with Crippen LogP contribution in [-0.2, 0) is 0 Å². The van der Waals surface area contributed by atoms with Crippen LogP contribution in [0.2, 0.25) is 0 Å². The Morgan fingerprint density at radius 3 is 2.65 bits per heavy atom. The van der Waals surface area contributed by atoms with Gasteiger partial charge in [0.15, 0.2) is 5.82 Å². The largest absolute Gasteiger partial charge is 0.478 e. The van der Waals surface area contributed by atoms with Crippen molar-refractivity contribution in [1.29, 1.82) is 0 Å². The van der Waals surface area contributed by atoms with Gasteiger partial charge in [-0.15, -0.1) is 0 Å². The Kier molecular flexibility index (Phi) is 4.51. The summed E-state index contributed by atoms with van der Waals surface area (Å²) in [6.45, 7) is 4.00. The molecule has 0 aliphatic rings. The van der Waals surface area contributed by atoms with Crippen LogP contribution < -0.4 is 4.90 Å². The topological polar surface area (TPSA) is 40.5 Å². The lowest BCUT2D eigenvalue weighted by Crippen LogP contribution is -2.29. The van der Waals surface area contributed by atoms with Gasteiger partial charge in [-0.1, -0.05) is 6.92 Å². The first kappa shape index (κ1) is 14.0. The predicted octanol–water partition coefficient (Wildman–Crippen LogP) is 3.52. The van der Waals surface area contributed by atoms with E-state index in [2.05, 4.69) is 15.9 Å². The maximum atomic E-state index is 14.0. The van der Waals surface area contributed by atoms with Crippen molar-refractivity contribution in [3.63, 3.8) is 0 Å². The standard InChI is InChI=1S/C12H15BrFNO2/c1-4-7(2)15(3)9-6-5-8(12(16)17)10(13)11(9)14/h5-7H,4H2,1-3H3,(H,16,17). The number of nitrogens with zero attached hydrogens (tertiary/aromatic N) is 1. The number of hydrogen-bond acceptors (Lipinski definition) is 2. The molecule has 1 aromatic carbocycles. The molecule has 0 saturated heterocycles. The third-order valence-electron chi connectivity index (χ3n) is 2.92. The quantitative estimate of drug-likeness (QED) is 0.925. The summed E-state index contributed by atoms with van der Waals surface area (Å²) in [5, 5.41) is 8.86. The first-order valence-corrected chi connectivity index (χ1v) is 6.13. The van der Waals surface area contributed by atoms with E-state index in [0.29, 0.717) is 5.69 Å². The van der Waals surface area contributed by atoms with E-state index in [0.717, 1.165) is 6.42 Å². The third kappa shape index (κ3) is 2.77. The molecule has 0 heterocycles. The maximum Gasteiger partial charge on any atom is 0.336 e. The van der Waals surface area contributed by atoms with E-state index in [1.165, 1.54) is 12.1 Å². The molecule has 0 aliphatic heterocycles. The lowest BCUT2D eigenvalue weighted by molar-refractivity contribution is 0.0695. The Balaban J connectivity index is 3.21.